The van der Waals surface area contributed by atoms with Crippen molar-refractivity contribution in [1.29, 1.82) is 0 Å². The van der Waals surface area contributed by atoms with Crippen LogP contribution in [0.3, 0.4) is 0 Å². The first-order valence-corrected chi connectivity index (χ1v) is 8.47. The lowest BCUT2D eigenvalue weighted by atomic mass is 10.2. The molecule has 0 bridgehead atoms. The lowest BCUT2D eigenvalue weighted by molar-refractivity contribution is 0.102. The summed E-state index contributed by atoms with van der Waals surface area (Å²) in [6, 6.07) is 17.0. The Labute approximate surface area is 144 Å². The molecular weight excluding hydrogens is 322 g/mol. The van der Waals surface area contributed by atoms with Gasteiger partial charge in [0.25, 0.3) is 5.91 Å². The molecule has 6 heteroatoms. The van der Waals surface area contributed by atoms with Gasteiger partial charge in [0.05, 0.1) is 0 Å². The Balaban J connectivity index is 1.58. The van der Waals surface area contributed by atoms with Crippen molar-refractivity contribution in [2.24, 2.45) is 0 Å². The number of benzene rings is 2. The zero-order valence-electron chi connectivity index (χ0n) is 13.2. The monoisotopic (exact) mass is 339 g/mol. The molecule has 0 spiro atoms. The van der Waals surface area contributed by atoms with E-state index in [1.54, 1.807) is 24.3 Å². The van der Waals surface area contributed by atoms with Gasteiger partial charge in [-0.3, -0.25) is 10.1 Å². The van der Waals surface area contributed by atoms with Crippen molar-refractivity contribution in [3.63, 3.8) is 0 Å². The van der Waals surface area contributed by atoms with E-state index in [-0.39, 0.29) is 5.91 Å². The second kappa shape index (κ2) is 7.70. The average Bonchev–Trinajstić information content (AvgIpc) is 3.09. The zero-order chi connectivity index (χ0) is 16.8. The fourth-order valence-electron chi connectivity index (χ4n) is 2.06. The molecule has 1 amide bonds. The summed E-state index contributed by atoms with van der Waals surface area (Å²) in [5, 5.41) is 12.1. The Morgan fingerprint density at radius 2 is 1.83 bits per heavy atom. The van der Waals surface area contributed by atoms with Crippen LogP contribution in [0.1, 0.15) is 27.9 Å². The molecule has 0 atom stereocenters. The summed E-state index contributed by atoms with van der Waals surface area (Å²) in [4.78, 5) is 12.2. The number of hydrogen-bond donors (Lipinski definition) is 1. The van der Waals surface area contributed by atoms with Crippen LogP contribution in [0.25, 0.3) is 0 Å². The minimum absolute atomic E-state index is 0.205. The number of ether oxygens (including phenoxy) is 1. The van der Waals surface area contributed by atoms with E-state index in [4.69, 9.17) is 4.74 Å². The summed E-state index contributed by atoms with van der Waals surface area (Å²) >= 11 is 1.39. The van der Waals surface area contributed by atoms with E-state index in [0.29, 0.717) is 17.3 Å². The first-order valence-electron chi connectivity index (χ1n) is 7.65. The summed E-state index contributed by atoms with van der Waals surface area (Å²) in [6.07, 6.45) is 0.807. The third-order valence-corrected chi connectivity index (χ3v) is 4.34. The first kappa shape index (κ1) is 16.1. The summed E-state index contributed by atoms with van der Waals surface area (Å²) in [6.45, 7) is 2.50. The Morgan fingerprint density at radius 1 is 1.08 bits per heavy atom. The molecule has 0 aliphatic carbocycles. The second-order valence-electron chi connectivity index (χ2n) is 5.11. The van der Waals surface area contributed by atoms with Crippen LogP contribution in [0.2, 0.25) is 0 Å². The van der Waals surface area contributed by atoms with Crippen LogP contribution in [0.4, 0.5) is 5.13 Å². The van der Waals surface area contributed by atoms with Crippen LogP contribution < -0.4 is 10.1 Å². The summed E-state index contributed by atoms with van der Waals surface area (Å²) in [5.41, 5.74) is 1.65. The molecule has 0 fully saturated rings. The molecule has 1 heterocycles. The molecule has 0 saturated carbocycles. The Kier molecular flexibility index (Phi) is 5.18. The number of aryl methyl sites for hydroxylation is 1. The zero-order valence-corrected chi connectivity index (χ0v) is 14.0. The van der Waals surface area contributed by atoms with E-state index in [0.717, 1.165) is 22.7 Å². The maximum absolute atomic E-state index is 12.2. The normalized spacial score (nSPS) is 10.4. The highest BCUT2D eigenvalue weighted by molar-refractivity contribution is 7.15. The van der Waals surface area contributed by atoms with Gasteiger partial charge in [0.15, 0.2) is 0 Å². The summed E-state index contributed by atoms with van der Waals surface area (Å²) in [7, 11) is 0. The number of nitrogens with one attached hydrogen (secondary N) is 1. The summed E-state index contributed by atoms with van der Waals surface area (Å²) < 4.78 is 5.71. The molecule has 1 N–H and O–H groups in total. The van der Waals surface area contributed by atoms with E-state index in [1.165, 1.54) is 11.3 Å². The van der Waals surface area contributed by atoms with Crippen molar-refractivity contribution in [3.05, 3.63) is 70.7 Å². The number of carbonyl (C=O) groups excluding carboxylic acids is 1. The number of amides is 1. The first-order chi connectivity index (χ1) is 11.7. The van der Waals surface area contributed by atoms with E-state index in [9.17, 15) is 4.79 Å². The van der Waals surface area contributed by atoms with Crippen LogP contribution in [0, 0.1) is 0 Å². The highest BCUT2D eigenvalue weighted by atomic mass is 32.1. The maximum atomic E-state index is 12.2. The second-order valence-corrected chi connectivity index (χ2v) is 6.17. The van der Waals surface area contributed by atoms with Crippen molar-refractivity contribution in [3.8, 4) is 5.75 Å². The van der Waals surface area contributed by atoms with Gasteiger partial charge in [0.1, 0.15) is 17.4 Å². The predicted molar refractivity (Wildman–Crippen MR) is 94.5 cm³/mol. The van der Waals surface area contributed by atoms with E-state index in [1.807, 2.05) is 37.3 Å². The van der Waals surface area contributed by atoms with Gasteiger partial charge < -0.3 is 4.74 Å². The smallest absolute Gasteiger partial charge is 0.257 e. The van der Waals surface area contributed by atoms with Crippen LogP contribution in [0.15, 0.2) is 54.6 Å². The lowest BCUT2D eigenvalue weighted by Gasteiger charge is -2.07. The third kappa shape index (κ3) is 4.17. The highest BCUT2D eigenvalue weighted by Gasteiger charge is 2.09. The van der Waals surface area contributed by atoms with Crippen molar-refractivity contribution >= 4 is 22.4 Å². The number of rotatable bonds is 6. The Morgan fingerprint density at radius 3 is 2.50 bits per heavy atom. The fraction of sp³-hybridized carbons (Fsp3) is 0.167. The SMILES string of the molecule is CCc1nnc(NC(=O)c2ccc(OCc3ccccc3)cc2)s1. The molecular formula is C18H17N3O2S. The number of carbonyl (C=O) groups is 1. The van der Waals surface area contributed by atoms with E-state index in [2.05, 4.69) is 15.5 Å². The van der Waals surface area contributed by atoms with Gasteiger partial charge in [-0.2, -0.15) is 0 Å². The topological polar surface area (TPSA) is 64.1 Å². The van der Waals surface area contributed by atoms with Crippen molar-refractivity contribution in [2.75, 3.05) is 5.32 Å². The molecule has 122 valence electrons. The van der Waals surface area contributed by atoms with Crippen LogP contribution in [-0.4, -0.2) is 16.1 Å². The Hall–Kier alpha value is -2.73. The van der Waals surface area contributed by atoms with Crippen molar-refractivity contribution < 1.29 is 9.53 Å². The van der Waals surface area contributed by atoms with Crippen LogP contribution in [0.5, 0.6) is 5.75 Å². The predicted octanol–water partition coefficient (Wildman–Crippen LogP) is 3.93. The average molecular weight is 339 g/mol. The van der Waals surface area contributed by atoms with Gasteiger partial charge >= 0.3 is 0 Å². The largest absolute Gasteiger partial charge is 0.489 e. The van der Waals surface area contributed by atoms with Gasteiger partial charge in [-0.25, -0.2) is 0 Å². The molecule has 0 saturated heterocycles. The van der Waals surface area contributed by atoms with Gasteiger partial charge in [0, 0.05) is 5.56 Å². The van der Waals surface area contributed by atoms with Crippen molar-refractivity contribution in [1.82, 2.24) is 10.2 Å². The van der Waals surface area contributed by atoms with E-state index < -0.39 is 0 Å². The molecule has 5 nitrogen and oxygen atoms in total. The van der Waals surface area contributed by atoms with E-state index >= 15 is 0 Å². The molecule has 0 unspecified atom stereocenters. The summed E-state index contributed by atoms with van der Waals surface area (Å²) in [5.74, 6) is 0.517. The molecule has 3 aromatic rings. The molecule has 0 radical (unpaired) electrons. The standard InChI is InChI=1S/C18H17N3O2S/c1-2-16-20-21-18(24-16)19-17(22)14-8-10-15(11-9-14)23-12-13-6-4-3-5-7-13/h3-11H,2,12H2,1H3,(H,19,21,22). The van der Waals surface area contributed by atoms with Gasteiger partial charge in [-0.15, -0.1) is 10.2 Å². The van der Waals surface area contributed by atoms with Crippen LogP contribution in [-0.2, 0) is 13.0 Å². The van der Waals surface area contributed by atoms with Crippen LogP contribution >= 0.6 is 11.3 Å². The molecule has 3 rings (SSSR count). The number of nitrogens with zero attached hydrogens (tertiary/aromatic N) is 2. The quantitative estimate of drug-likeness (QED) is 0.739. The minimum atomic E-state index is -0.205. The third-order valence-electron chi connectivity index (χ3n) is 3.35. The van der Waals surface area contributed by atoms with Gasteiger partial charge in [-0.05, 0) is 36.2 Å². The lowest BCUT2D eigenvalue weighted by Crippen LogP contribution is -2.11. The highest BCUT2D eigenvalue weighted by Crippen LogP contribution is 2.18. The molecule has 0 aliphatic heterocycles. The molecule has 1 aromatic heterocycles. The van der Waals surface area contributed by atoms with Gasteiger partial charge in [-0.1, -0.05) is 48.6 Å². The number of anilines is 1. The van der Waals surface area contributed by atoms with Crippen molar-refractivity contribution in [2.45, 2.75) is 20.0 Å². The molecule has 0 aliphatic rings. The molecule has 24 heavy (non-hydrogen) atoms. The molecule has 2 aromatic carbocycles. The Bertz CT molecular complexity index is 801. The maximum Gasteiger partial charge on any atom is 0.257 e. The minimum Gasteiger partial charge on any atom is -0.489 e. The van der Waals surface area contributed by atoms with Gasteiger partial charge in [0.2, 0.25) is 5.13 Å². The number of hydrogen-bond acceptors (Lipinski definition) is 5. The fourth-order valence-corrected chi connectivity index (χ4v) is 2.73. The number of aromatic nitrogens is 2.